The van der Waals surface area contributed by atoms with Gasteiger partial charge in [-0.05, 0) is 68.2 Å². The fourth-order valence-corrected chi connectivity index (χ4v) is 9.23. The molecule has 1 saturated heterocycles. The van der Waals surface area contributed by atoms with E-state index in [0.29, 0.717) is 43.8 Å². The summed E-state index contributed by atoms with van der Waals surface area (Å²) in [5.41, 5.74) is 8.02. The zero-order valence-electron chi connectivity index (χ0n) is 32.7. The molecule has 4 aliphatic rings. The zero-order valence-corrected chi connectivity index (χ0v) is 33.5. The van der Waals surface area contributed by atoms with Gasteiger partial charge in [-0.1, -0.05) is 46.4 Å². The van der Waals surface area contributed by atoms with Gasteiger partial charge in [0.05, 0.1) is 41.8 Å². The van der Waals surface area contributed by atoms with Crippen LogP contribution in [-0.2, 0) is 36.8 Å². The number of carbonyl (C=O) groups excluding carboxylic acids is 3. The molecule has 13 heteroatoms. The molecule has 2 aromatic rings. The molecule has 0 radical (unpaired) electrons. The van der Waals surface area contributed by atoms with Gasteiger partial charge in [0, 0.05) is 66.4 Å². The SMILES string of the molecule is C=C/C(=C(\N=C/C)[C@H](C)OC)c1c2c3cc(ccc3n1CCO)C1CSC(=N1)C[C@H](NC(=O)[C@H]1[C@H](C)[C@@H]1C)C(=O)N1CCC[C@H](N1)C(=O)OCC(C)(C)C2. The second kappa shape index (κ2) is 16.5. The van der Waals surface area contributed by atoms with Crippen LogP contribution in [0, 0.1) is 23.2 Å². The maximum atomic E-state index is 14.1. The predicted octanol–water partition coefficient (Wildman–Crippen LogP) is 5.24. The average molecular weight is 761 g/mol. The van der Waals surface area contributed by atoms with Crippen molar-refractivity contribution < 1.29 is 29.0 Å². The van der Waals surface area contributed by atoms with Gasteiger partial charge in [0.15, 0.2) is 0 Å². The van der Waals surface area contributed by atoms with Crippen molar-refractivity contribution in [1.29, 1.82) is 0 Å². The number of carbonyl (C=O) groups is 3. The highest BCUT2D eigenvalue weighted by molar-refractivity contribution is 8.14. The molecule has 3 N–H and O–H groups in total. The molecule has 1 unspecified atom stereocenters. The molecule has 12 nitrogen and oxygen atoms in total. The number of methoxy groups -OCH3 is 1. The lowest BCUT2D eigenvalue weighted by Gasteiger charge is -2.35. The number of aromatic nitrogens is 1. The Hall–Kier alpha value is -3.78. The molecule has 1 aliphatic carbocycles. The van der Waals surface area contributed by atoms with Crippen LogP contribution in [0.1, 0.15) is 83.7 Å². The number of nitrogens with zero attached hydrogens (tertiary/aromatic N) is 4. The van der Waals surface area contributed by atoms with Crippen LogP contribution in [0.2, 0.25) is 0 Å². The van der Waals surface area contributed by atoms with Crippen molar-refractivity contribution in [3.05, 3.63) is 53.4 Å². The van der Waals surface area contributed by atoms with Gasteiger partial charge < -0.3 is 24.5 Å². The lowest BCUT2D eigenvalue weighted by Crippen LogP contribution is -2.60. The summed E-state index contributed by atoms with van der Waals surface area (Å²) in [5, 5.41) is 16.7. The molecule has 0 spiro atoms. The maximum Gasteiger partial charge on any atom is 0.324 e. The number of ether oxygens (including phenoxy) is 2. The second-order valence-corrected chi connectivity index (χ2v) is 17.0. The predicted molar refractivity (Wildman–Crippen MR) is 214 cm³/mol. The molecule has 6 bridgehead atoms. The quantitative estimate of drug-likeness (QED) is 0.179. The van der Waals surface area contributed by atoms with Gasteiger partial charge in [-0.2, -0.15) is 0 Å². The maximum absolute atomic E-state index is 14.1. The number of fused-ring (bicyclic) bond motifs is 5. The number of allylic oxidation sites excluding steroid dienone is 2. The van der Waals surface area contributed by atoms with E-state index in [1.165, 1.54) is 5.01 Å². The number of hydrogen-bond donors (Lipinski definition) is 3. The number of aliphatic hydroxyl groups excluding tert-OH is 1. The van der Waals surface area contributed by atoms with Crippen LogP contribution in [0.4, 0.5) is 0 Å². The molecule has 2 fully saturated rings. The number of thioether (sulfide) groups is 1. The summed E-state index contributed by atoms with van der Waals surface area (Å²) in [5.74, 6) is 0.276. The third-order valence-corrected chi connectivity index (χ3v) is 12.6. The number of rotatable bonds is 9. The van der Waals surface area contributed by atoms with Gasteiger partial charge in [0.25, 0.3) is 5.91 Å². The van der Waals surface area contributed by atoms with Gasteiger partial charge in [-0.3, -0.25) is 29.4 Å². The zero-order chi connectivity index (χ0) is 38.9. The number of amides is 2. The minimum Gasteiger partial charge on any atom is -0.464 e. The van der Waals surface area contributed by atoms with Crippen LogP contribution in [0.15, 0.2) is 46.5 Å². The highest BCUT2D eigenvalue weighted by atomic mass is 32.2. The fourth-order valence-electron chi connectivity index (χ4n) is 8.12. The Morgan fingerprint density at radius 3 is 2.72 bits per heavy atom. The lowest BCUT2D eigenvalue weighted by atomic mass is 9.84. The summed E-state index contributed by atoms with van der Waals surface area (Å²) in [4.78, 5) is 51.1. The van der Waals surface area contributed by atoms with E-state index >= 15 is 0 Å². The van der Waals surface area contributed by atoms with Crippen LogP contribution < -0.4 is 10.7 Å². The first kappa shape index (κ1) is 39.9. The molecule has 54 heavy (non-hydrogen) atoms. The second-order valence-electron chi connectivity index (χ2n) is 15.9. The van der Waals surface area contributed by atoms with Crippen LogP contribution in [-0.4, -0.2) is 94.5 Å². The summed E-state index contributed by atoms with van der Waals surface area (Å²) >= 11 is 1.61. The number of hydrazine groups is 1. The lowest BCUT2D eigenvalue weighted by molar-refractivity contribution is -0.155. The van der Waals surface area contributed by atoms with Crippen molar-refractivity contribution in [3.63, 3.8) is 0 Å². The van der Waals surface area contributed by atoms with Crippen molar-refractivity contribution >= 4 is 57.3 Å². The molecule has 3 aliphatic heterocycles. The summed E-state index contributed by atoms with van der Waals surface area (Å²) in [6.45, 7) is 17.1. The molecular weight excluding hydrogens is 705 g/mol. The first-order valence-electron chi connectivity index (χ1n) is 19.2. The van der Waals surface area contributed by atoms with Gasteiger partial charge >= 0.3 is 5.97 Å². The van der Waals surface area contributed by atoms with E-state index in [1.54, 1.807) is 25.1 Å². The topological polar surface area (TPSA) is 147 Å². The number of cyclic esters (lactones) is 1. The minimum atomic E-state index is -0.828. The number of esters is 1. The molecule has 2 amide bonds. The van der Waals surface area contributed by atoms with Crippen molar-refractivity contribution in [2.75, 3.05) is 32.6 Å². The van der Waals surface area contributed by atoms with Crippen LogP contribution in [0.3, 0.4) is 0 Å². The number of nitrogens with one attached hydrogen (secondary N) is 2. The van der Waals surface area contributed by atoms with Crippen molar-refractivity contribution in [2.24, 2.45) is 33.2 Å². The van der Waals surface area contributed by atoms with Gasteiger partial charge in [-0.15, -0.1) is 11.8 Å². The van der Waals surface area contributed by atoms with E-state index in [9.17, 15) is 19.5 Å². The molecule has 1 saturated carbocycles. The van der Waals surface area contributed by atoms with E-state index in [-0.39, 0.29) is 61.3 Å². The Morgan fingerprint density at radius 2 is 2.06 bits per heavy atom. The number of benzene rings is 1. The molecule has 1 aromatic heterocycles. The molecule has 7 atom stereocenters. The summed E-state index contributed by atoms with van der Waals surface area (Å²) in [6, 6.07) is 4.68. The van der Waals surface area contributed by atoms with E-state index in [4.69, 9.17) is 19.5 Å². The van der Waals surface area contributed by atoms with E-state index in [1.807, 2.05) is 19.9 Å². The van der Waals surface area contributed by atoms with Crippen LogP contribution >= 0.6 is 11.8 Å². The Labute approximate surface area is 322 Å². The summed E-state index contributed by atoms with van der Waals surface area (Å²) in [7, 11) is 1.65. The van der Waals surface area contributed by atoms with Crippen LogP contribution in [0.25, 0.3) is 16.5 Å². The third-order valence-electron chi connectivity index (χ3n) is 11.5. The van der Waals surface area contributed by atoms with E-state index in [2.05, 4.69) is 67.8 Å². The highest BCUT2D eigenvalue weighted by Crippen LogP contribution is 2.46. The molecule has 292 valence electrons. The molecule has 6 rings (SSSR count). The smallest absolute Gasteiger partial charge is 0.324 e. The van der Waals surface area contributed by atoms with Gasteiger partial charge in [0.2, 0.25) is 5.91 Å². The number of hydrogen-bond acceptors (Lipinski definition) is 10. The monoisotopic (exact) mass is 760 g/mol. The Kier molecular flexibility index (Phi) is 12.2. The Morgan fingerprint density at radius 1 is 1.30 bits per heavy atom. The largest absolute Gasteiger partial charge is 0.464 e. The first-order chi connectivity index (χ1) is 25.8. The Balaban J connectivity index is 1.49. The third kappa shape index (κ3) is 8.10. The first-order valence-corrected chi connectivity index (χ1v) is 20.2. The van der Waals surface area contributed by atoms with Gasteiger partial charge in [-0.25, -0.2) is 5.43 Å². The van der Waals surface area contributed by atoms with Crippen molar-refractivity contribution in [1.82, 2.24) is 20.3 Å². The highest BCUT2D eigenvalue weighted by Gasteiger charge is 2.49. The fraction of sp³-hybridized carbons (Fsp3) is 0.585. The minimum absolute atomic E-state index is 0.0804. The molecule has 1 aromatic carbocycles. The van der Waals surface area contributed by atoms with E-state index < -0.39 is 23.5 Å². The molecule has 4 heterocycles. The van der Waals surface area contributed by atoms with Crippen molar-refractivity contribution in [2.45, 2.75) is 98.0 Å². The van der Waals surface area contributed by atoms with Crippen LogP contribution in [0.5, 0.6) is 0 Å². The average Bonchev–Trinajstić information content (AvgIpc) is 3.42. The summed E-state index contributed by atoms with van der Waals surface area (Å²) < 4.78 is 13.9. The van der Waals surface area contributed by atoms with Gasteiger partial charge in [0.1, 0.15) is 12.1 Å². The number of aliphatic hydroxyl groups is 1. The van der Waals surface area contributed by atoms with Crippen molar-refractivity contribution in [3.8, 4) is 0 Å². The standard InChI is InChI=1S/C41H56N6O6S/c1-9-27(36(42-10-2)25(5)52-8)37-29-20-41(6,7)22-53-40(51)30-12-11-15-47(45-30)39(50)31(44-38(49)35-23(3)24(35)4)19-34-43-32(21-54-34)26-13-14-33(28(29)18-26)46(37)16-17-48/h9-10,13-14,18,23-25,30-32,35,45,48H,1,11-12,15-17,19-22H2,2-8H3,(H,44,49)/b36-27+,42-10-/t23-,24+,25-,30-,31-,32?,35+/m0/s1. The Bertz CT molecular complexity index is 1870. The normalized spacial score (nSPS) is 28.3. The summed E-state index contributed by atoms with van der Waals surface area (Å²) in [6.07, 6.45) is 5.15. The molecular formula is C41H56N6O6S. The number of aliphatic imine (C=N–C) groups is 2. The van der Waals surface area contributed by atoms with E-state index in [0.717, 1.165) is 38.3 Å².